The maximum atomic E-state index is 13.3. The Morgan fingerprint density at radius 1 is 1.15 bits per heavy atom. The fourth-order valence-corrected chi connectivity index (χ4v) is 6.18. The van der Waals surface area contributed by atoms with Crippen LogP contribution < -0.4 is 10.5 Å². The Kier molecular flexibility index (Phi) is 4.61. The third-order valence-electron chi connectivity index (χ3n) is 6.75. The molecule has 4 fully saturated rings. The number of ether oxygens (including phenoxy) is 2. The van der Waals surface area contributed by atoms with Crippen molar-refractivity contribution in [1.82, 2.24) is 0 Å². The van der Waals surface area contributed by atoms with Crippen molar-refractivity contribution in [1.29, 1.82) is 0 Å². The highest BCUT2D eigenvalue weighted by Crippen LogP contribution is 2.60. The number of methoxy groups -OCH3 is 1. The van der Waals surface area contributed by atoms with Crippen LogP contribution in [0.5, 0.6) is 5.75 Å². The van der Waals surface area contributed by atoms with Crippen LogP contribution in [0.15, 0.2) is 12.1 Å². The topological polar surface area (TPSA) is 78.6 Å². The third-order valence-corrected chi connectivity index (χ3v) is 7.08. The van der Waals surface area contributed by atoms with Crippen molar-refractivity contribution in [3.05, 3.63) is 22.7 Å². The van der Waals surface area contributed by atoms with Crippen LogP contribution in [0.4, 0.5) is 5.69 Å². The second-order valence-corrected chi connectivity index (χ2v) is 9.09. The molecule has 0 radical (unpaired) electrons. The summed E-state index contributed by atoms with van der Waals surface area (Å²) in [4.78, 5) is 26.0. The molecule has 6 heteroatoms. The number of ketones is 1. The molecule has 0 heterocycles. The van der Waals surface area contributed by atoms with Crippen LogP contribution in [-0.4, -0.2) is 25.0 Å². The van der Waals surface area contributed by atoms with Gasteiger partial charge in [-0.2, -0.15) is 0 Å². The number of esters is 1. The summed E-state index contributed by atoms with van der Waals surface area (Å²) in [7, 11) is 1.45. The minimum absolute atomic E-state index is 0.0791. The minimum atomic E-state index is -0.783. The zero-order valence-electron chi connectivity index (χ0n) is 15.8. The molecule has 0 aromatic heterocycles. The molecule has 1 aromatic carbocycles. The Bertz CT molecular complexity index is 755. The molecule has 0 amide bonds. The summed E-state index contributed by atoms with van der Waals surface area (Å²) in [5.41, 5.74) is 5.98. The lowest BCUT2D eigenvalue weighted by Gasteiger charge is -2.56. The van der Waals surface area contributed by atoms with E-state index in [0.717, 1.165) is 19.3 Å². The van der Waals surface area contributed by atoms with Crippen LogP contribution >= 0.6 is 11.6 Å². The highest BCUT2D eigenvalue weighted by molar-refractivity contribution is 6.33. The number of anilines is 1. The van der Waals surface area contributed by atoms with E-state index < -0.39 is 12.1 Å². The molecule has 4 bridgehead atoms. The summed E-state index contributed by atoms with van der Waals surface area (Å²) in [6.45, 7) is 1.68. The average Bonchev–Trinajstić information content (AvgIpc) is 2.61. The van der Waals surface area contributed by atoms with Gasteiger partial charge in [-0.05, 0) is 69.3 Å². The van der Waals surface area contributed by atoms with Crippen molar-refractivity contribution >= 4 is 29.0 Å². The molecule has 1 atom stereocenters. The van der Waals surface area contributed by atoms with Crippen molar-refractivity contribution in [2.24, 2.45) is 23.2 Å². The first kappa shape index (κ1) is 18.6. The van der Waals surface area contributed by atoms with Crippen molar-refractivity contribution < 1.29 is 19.1 Å². The maximum Gasteiger partial charge on any atom is 0.342 e. The molecule has 0 unspecified atom stereocenters. The van der Waals surface area contributed by atoms with Gasteiger partial charge in [0.25, 0.3) is 0 Å². The van der Waals surface area contributed by atoms with Gasteiger partial charge >= 0.3 is 5.97 Å². The molecular weight excluding hydrogens is 366 g/mol. The number of nitrogen functional groups attached to an aromatic ring is 1. The first-order valence-corrected chi connectivity index (χ1v) is 10.1. The number of Topliss-reactive ketones (excluding diaryl/α,β-unsaturated/α-hetero) is 1. The van der Waals surface area contributed by atoms with E-state index in [9.17, 15) is 9.59 Å². The first-order chi connectivity index (χ1) is 12.8. The van der Waals surface area contributed by atoms with Gasteiger partial charge in [-0.1, -0.05) is 11.6 Å². The molecule has 1 aromatic rings. The first-order valence-electron chi connectivity index (χ1n) is 9.69. The Morgan fingerprint density at radius 3 is 2.22 bits per heavy atom. The monoisotopic (exact) mass is 391 g/mol. The van der Waals surface area contributed by atoms with Gasteiger partial charge in [-0.3, -0.25) is 4.79 Å². The number of hydrogen-bond acceptors (Lipinski definition) is 5. The number of halogens is 1. The highest BCUT2D eigenvalue weighted by atomic mass is 35.5. The predicted molar refractivity (Wildman–Crippen MR) is 103 cm³/mol. The van der Waals surface area contributed by atoms with E-state index in [1.165, 1.54) is 38.5 Å². The van der Waals surface area contributed by atoms with Gasteiger partial charge in [0.05, 0.1) is 17.8 Å². The summed E-state index contributed by atoms with van der Waals surface area (Å²) in [6, 6.07) is 2.92. The molecule has 5 rings (SSSR count). The van der Waals surface area contributed by atoms with Crippen molar-refractivity contribution in [2.45, 2.75) is 51.6 Å². The van der Waals surface area contributed by atoms with Crippen LogP contribution in [-0.2, 0) is 9.53 Å². The second kappa shape index (κ2) is 6.69. The zero-order valence-corrected chi connectivity index (χ0v) is 16.6. The Labute approximate surface area is 164 Å². The van der Waals surface area contributed by atoms with Gasteiger partial charge in [0.1, 0.15) is 11.3 Å². The molecule has 5 nitrogen and oxygen atoms in total. The smallest absolute Gasteiger partial charge is 0.342 e. The molecule has 4 saturated carbocycles. The van der Waals surface area contributed by atoms with E-state index in [2.05, 4.69) is 0 Å². The van der Waals surface area contributed by atoms with Crippen LogP contribution in [0.3, 0.4) is 0 Å². The molecule has 2 N–H and O–H groups in total. The fourth-order valence-electron chi connectivity index (χ4n) is 6.02. The third kappa shape index (κ3) is 3.20. The normalized spacial score (nSPS) is 32.2. The summed E-state index contributed by atoms with van der Waals surface area (Å²) in [5, 5.41) is 0.253. The summed E-state index contributed by atoms with van der Waals surface area (Å²) in [6.07, 6.45) is 5.88. The SMILES string of the molecule is COc1cc(N)c(Cl)cc1C(=O)O[C@H](C)C(=O)C12CC3CC(CC(C3)C1)C2. The van der Waals surface area contributed by atoms with Gasteiger partial charge in [-0.15, -0.1) is 0 Å². The predicted octanol–water partition coefficient (Wildman–Crippen LogP) is 4.26. The molecule has 0 spiro atoms. The fraction of sp³-hybridized carbons (Fsp3) is 0.619. The van der Waals surface area contributed by atoms with Crippen LogP contribution in [0, 0.1) is 23.2 Å². The van der Waals surface area contributed by atoms with Crippen molar-refractivity contribution in [2.75, 3.05) is 12.8 Å². The Balaban J connectivity index is 1.51. The van der Waals surface area contributed by atoms with E-state index in [1.54, 1.807) is 6.92 Å². The standard InChI is InChI=1S/C21H26ClNO4/c1-11(27-20(25)15-6-16(22)17(23)7-18(15)26-2)19(24)21-8-12-3-13(9-21)5-14(4-12)10-21/h6-7,11-14H,3-5,8-10,23H2,1-2H3/t11-,12?,13?,14?,21?/m1/s1. The van der Waals surface area contributed by atoms with Crippen LogP contribution in [0.2, 0.25) is 5.02 Å². The molecule has 4 aliphatic carbocycles. The molecular formula is C21H26ClNO4. The van der Waals surface area contributed by atoms with Crippen molar-refractivity contribution in [3.8, 4) is 5.75 Å². The quantitative estimate of drug-likeness (QED) is 0.599. The average molecular weight is 392 g/mol. The number of carbonyl (C=O) groups excluding carboxylic acids is 2. The number of carbonyl (C=O) groups is 2. The van der Waals surface area contributed by atoms with E-state index >= 15 is 0 Å². The molecule has 27 heavy (non-hydrogen) atoms. The van der Waals surface area contributed by atoms with Crippen molar-refractivity contribution in [3.63, 3.8) is 0 Å². The number of benzene rings is 1. The van der Waals surface area contributed by atoms with Gasteiger partial charge in [0.2, 0.25) is 0 Å². The number of rotatable bonds is 5. The van der Waals surface area contributed by atoms with E-state index in [-0.39, 0.29) is 27.5 Å². The lowest BCUT2D eigenvalue weighted by atomic mass is 9.48. The van der Waals surface area contributed by atoms with E-state index in [1.807, 2.05) is 0 Å². The van der Waals surface area contributed by atoms with E-state index in [4.69, 9.17) is 26.8 Å². The van der Waals surface area contributed by atoms with Gasteiger partial charge < -0.3 is 15.2 Å². The molecule has 4 aliphatic rings. The lowest BCUT2D eigenvalue weighted by Crippen LogP contribution is -2.52. The maximum absolute atomic E-state index is 13.3. The highest BCUT2D eigenvalue weighted by Gasteiger charge is 2.55. The van der Waals surface area contributed by atoms with Crippen LogP contribution in [0.25, 0.3) is 0 Å². The van der Waals surface area contributed by atoms with Gasteiger partial charge in [0.15, 0.2) is 11.9 Å². The zero-order chi connectivity index (χ0) is 19.3. The summed E-state index contributed by atoms with van der Waals surface area (Å²) < 4.78 is 10.8. The number of hydrogen-bond donors (Lipinski definition) is 1. The molecule has 146 valence electrons. The molecule has 0 aliphatic heterocycles. The van der Waals surface area contributed by atoms with E-state index in [0.29, 0.717) is 23.4 Å². The Morgan fingerprint density at radius 2 is 1.70 bits per heavy atom. The van der Waals surface area contributed by atoms with Gasteiger partial charge in [0, 0.05) is 11.5 Å². The summed E-state index contributed by atoms with van der Waals surface area (Å²) >= 11 is 6.04. The lowest BCUT2D eigenvalue weighted by molar-refractivity contribution is -0.152. The van der Waals surface area contributed by atoms with Gasteiger partial charge in [-0.25, -0.2) is 4.79 Å². The largest absolute Gasteiger partial charge is 0.496 e. The van der Waals surface area contributed by atoms with Crippen LogP contribution in [0.1, 0.15) is 55.8 Å². The minimum Gasteiger partial charge on any atom is -0.496 e. The molecule has 0 saturated heterocycles. The Hall–Kier alpha value is -1.75. The number of nitrogens with two attached hydrogens (primary N) is 1. The second-order valence-electron chi connectivity index (χ2n) is 8.68. The summed E-state index contributed by atoms with van der Waals surface area (Å²) in [5.74, 6) is 1.75.